The molecule has 0 heterocycles. The number of carbonyl (C=O) groups is 6. The third-order valence-electron chi connectivity index (χ3n) is 3.28. The van der Waals surface area contributed by atoms with Crippen LogP contribution >= 0.6 is 0 Å². The molecule has 28 heavy (non-hydrogen) atoms. The maximum atomic E-state index is 11.8. The fraction of sp³-hybridized carbons (Fsp3) is 0.667. The first-order valence-electron chi connectivity index (χ1n) is 8.70. The molecule has 10 nitrogen and oxygen atoms in total. The molecule has 10 heteroatoms. The first kappa shape index (κ1) is 25.2. The molecule has 0 atom stereocenters. The SMILES string of the molecule is COC(=O)CCC(=O)OC(COC(=O)CCC(C)=O)COC(=O)CCC(C)=O. The molecule has 0 fully saturated rings. The maximum absolute atomic E-state index is 11.8. The summed E-state index contributed by atoms with van der Waals surface area (Å²) in [5, 5.41) is 0. The number of hydrogen-bond acceptors (Lipinski definition) is 10. The van der Waals surface area contributed by atoms with E-state index >= 15 is 0 Å². The van der Waals surface area contributed by atoms with E-state index in [4.69, 9.17) is 14.2 Å². The lowest BCUT2D eigenvalue weighted by molar-refractivity contribution is -0.167. The third-order valence-corrected chi connectivity index (χ3v) is 3.28. The summed E-state index contributed by atoms with van der Waals surface area (Å²) in [5.41, 5.74) is 0. The standard InChI is InChI=1S/C18H26O10/c1-12(19)4-6-16(22)26-10-14(11-27-17(23)7-5-13(2)20)28-18(24)9-8-15(21)25-3/h14H,4-11H2,1-3H3. The molecule has 0 aromatic carbocycles. The third kappa shape index (κ3) is 14.4. The molecule has 0 aliphatic rings. The van der Waals surface area contributed by atoms with Crippen LogP contribution < -0.4 is 0 Å². The van der Waals surface area contributed by atoms with Crippen LogP contribution in [0.5, 0.6) is 0 Å². The van der Waals surface area contributed by atoms with E-state index in [1.807, 2.05) is 0 Å². The van der Waals surface area contributed by atoms with Crippen LogP contribution in [0.2, 0.25) is 0 Å². The van der Waals surface area contributed by atoms with Crippen molar-refractivity contribution in [3.63, 3.8) is 0 Å². The van der Waals surface area contributed by atoms with Crippen LogP contribution in [0.3, 0.4) is 0 Å². The lowest BCUT2D eigenvalue weighted by Crippen LogP contribution is -2.31. The van der Waals surface area contributed by atoms with E-state index in [1.165, 1.54) is 21.0 Å². The zero-order valence-electron chi connectivity index (χ0n) is 16.3. The Hall–Kier alpha value is -2.78. The summed E-state index contributed by atoms with van der Waals surface area (Å²) in [6.07, 6.45) is -1.77. The highest BCUT2D eigenvalue weighted by atomic mass is 16.6. The lowest BCUT2D eigenvalue weighted by atomic mass is 10.2. The van der Waals surface area contributed by atoms with E-state index in [0.717, 1.165) is 0 Å². The molecule has 0 spiro atoms. The largest absolute Gasteiger partial charge is 0.469 e. The number of ether oxygens (including phenoxy) is 4. The van der Waals surface area contributed by atoms with E-state index in [9.17, 15) is 28.8 Å². The van der Waals surface area contributed by atoms with Crippen molar-refractivity contribution < 1.29 is 47.7 Å². The van der Waals surface area contributed by atoms with Crippen molar-refractivity contribution in [1.29, 1.82) is 0 Å². The second kappa shape index (κ2) is 14.3. The zero-order valence-corrected chi connectivity index (χ0v) is 16.3. The van der Waals surface area contributed by atoms with Crippen molar-refractivity contribution in [3.8, 4) is 0 Å². The molecule has 0 amide bonds. The van der Waals surface area contributed by atoms with Gasteiger partial charge in [0.2, 0.25) is 0 Å². The van der Waals surface area contributed by atoms with Crippen molar-refractivity contribution in [2.24, 2.45) is 0 Å². The molecule has 0 saturated heterocycles. The summed E-state index contributed by atoms with van der Waals surface area (Å²) < 4.78 is 19.3. The summed E-state index contributed by atoms with van der Waals surface area (Å²) in [5.74, 6) is -3.07. The minimum Gasteiger partial charge on any atom is -0.469 e. The molecule has 0 bridgehead atoms. The van der Waals surface area contributed by atoms with E-state index < -0.39 is 30.0 Å². The highest BCUT2D eigenvalue weighted by Crippen LogP contribution is 2.05. The molecular formula is C18H26O10. The molecule has 158 valence electrons. The number of ketones is 2. The Bertz CT molecular complexity index is 547. The van der Waals surface area contributed by atoms with Gasteiger partial charge in [-0.2, -0.15) is 0 Å². The summed E-state index contributed by atoms with van der Waals surface area (Å²) in [4.78, 5) is 67.8. The Morgan fingerprint density at radius 1 is 0.607 bits per heavy atom. The second-order valence-electron chi connectivity index (χ2n) is 5.96. The van der Waals surface area contributed by atoms with Gasteiger partial charge in [0.15, 0.2) is 6.10 Å². The highest BCUT2D eigenvalue weighted by molar-refractivity contribution is 5.81. The van der Waals surface area contributed by atoms with Crippen LogP contribution in [-0.4, -0.2) is 61.9 Å². The number of Topliss-reactive ketones (excluding diaryl/α,β-unsaturated/α-hetero) is 2. The minimum absolute atomic E-state index is 0.0163. The van der Waals surface area contributed by atoms with Gasteiger partial charge in [0, 0.05) is 12.8 Å². The summed E-state index contributed by atoms with van der Waals surface area (Å²) in [6.45, 7) is 1.89. The van der Waals surface area contributed by atoms with Crippen molar-refractivity contribution in [3.05, 3.63) is 0 Å². The Labute approximate surface area is 162 Å². The maximum Gasteiger partial charge on any atom is 0.306 e. The van der Waals surface area contributed by atoms with Crippen molar-refractivity contribution in [2.75, 3.05) is 20.3 Å². The fourth-order valence-corrected chi connectivity index (χ4v) is 1.74. The topological polar surface area (TPSA) is 139 Å². The van der Waals surface area contributed by atoms with Gasteiger partial charge < -0.3 is 28.5 Å². The van der Waals surface area contributed by atoms with Gasteiger partial charge in [0.05, 0.1) is 32.8 Å². The Kier molecular flexibility index (Phi) is 12.9. The highest BCUT2D eigenvalue weighted by Gasteiger charge is 2.20. The minimum atomic E-state index is -1.09. The monoisotopic (exact) mass is 402 g/mol. The van der Waals surface area contributed by atoms with E-state index in [2.05, 4.69) is 4.74 Å². The van der Waals surface area contributed by atoms with Crippen molar-refractivity contribution in [1.82, 2.24) is 0 Å². The summed E-state index contributed by atoms with van der Waals surface area (Å²) >= 11 is 0. The fourth-order valence-electron chi connectivity index (χ4n) is 1.74. The molecular weight excluding hydrogens is 376 g/mol. The zero-order chi connectivity index (χ0) is 21.5. The van der Waals surface area contributed by atoms with E-state index in [-0.39, 0.29) is 63.3 Å². The van der Waals surface area contributed by atoms with Gasteiger partial charge in [-0.3, -0.25) is 19.2 Å². The van der Waals surface area contributed by atoms with Gasteiger partial charge in [-0.25, -0.2) is 0 Å². The van der Waals surface area contributed by atoms with E-state index in [0.29, 0.717) is 0 Å². The lowest BCUT2D eigenvalue weighted by Gasteiger charge is -2.18. The average molecular weight is 402 g/mol. The molecule has 0 N–H and O–H groups in total. The predicted molar refractivity (Wildman–Crippen MR) is 92.9 cm³/mol. The van der Waals surface area contributed by atoms with Gasteiger partial charge in [0.25, 0.3) is 0 Å². The Balaban J connectivity index is 4.58. The second-order valence-corrected chi connectivity index (χ2v) is 5.96. The molecule has 0 aromatic rings. The quantitative estimate of drug-likeness (QED) is 0.301. The van der Waals surface area contributed by atoms with Crippen LogP contribution in [0.25, 0.3) is 0 Å². The smallest absolute Gasteiger partial charge is 0.306 e. The van der Waals surface area contributed by atoms with Gasteiger partial charge in [0.1, 0.15) is 24.8 Å². The number of methoxy groups -OCH3 is 1. The first-order valence-corrected chi connectivity index (χ1v) is 8.70. The van der Waals surface area contributed by atoms with Crippen LogP contribution in [-0.2, 0) is 47.7 Å². The molecule has 0 aliphatic heterocycles. The summed E-state index contributed by atoms with van der Waals surface area (Å²) in [6, 6.07) is 0. The van der Waals surface area contributed by atoms with Gasteiger partial charge in [-0.05, 0) is 13.8 Å². The number of carbonyl (C=O) groups excluding carboxylic acids is 6. The molecule has 0 aromatic heterocycles. The van der Waals surface area contributed by atoms with Crippen LogP contribution in [0.1, 0.15) is 52.4 Å². The van der Waals surface area contributed by atoms with Crippen molar-refractivity contribution >= 4 is 35.4 Å². The van der Waals surface area contributed by atoms with E-state index in [1.54, 1.807) is 0 Å². The molecule has 0 unspecified atom stereocenters. The number of hydrogen-bond donors (Lipinski definition) is 0. The first-order chi connectivity index (χ1) is 13.1. The normalized spacial score (nSPS) is 10.1. The van der Waals surface area contributed by atoms with Gasteiger partial charge >= 0.3 is 23.9 Å². The Morgan fingerprint density at radius 3 is 1.39 bits per heavy atom. The molecule has 0 rings (SSSR count). The van der Waals surface area contributed by atoms with Gasteiger partial charge in [-0.1, -0.05) is 0 Å². The summed E-state index contributed by atoms with van der Waals surface area (Å²) in [7, 11) is 1.18. The molecule has 0 radical (unpaired) electrons. The predicted octanol–water partition coefficient (Wildman–Crippen LogP) is 0.676. The van der Waals surface area contributed by atoms with Crippen LogP contribution in [0.15, 0.2) is 0 Å². The van der Waals surface area contributed by atoms with Crippen LogP contribution in [0, 0.1) is 0 Å². The average Bonchev–Trinajstić information content (AvgIpc) is 2.64. The molecule has 0 aliphatic carbocycles. The molecule has 0 saturated carbocycles. The number of rotatable bonds is 14. The van der Waals surface area contributed by atoms with Crippen LogP contribution in [0.4, 0.5) is 0 Å². The Morgan fingerprint density at radius 2 is 1.00 bits per heavy atom. The van der Waals surface area contributed by atoms with Crippen molar-refractivity contribution in [2.45, 2.75) is 58.5 Å². The van der Waals surface area contributed by atoms with Gasteiger partial charge in [-0.15, -0.1) is 0 Å². The number of esters is 4.